The maximum Gasteiger partial charge on any atom is 0.195 e. The molecule has 0 saturated heterocycles. The molecule has 16 heavy (non-hydrogen) atoms. The zero-order valence-electron chi connectivity index (χ0n) is 9.06. The van der Waals surface area contributed by atoms with Crippen molar-refractivity contribution in [2.45, 2.75) is 6.92 Å². The smallest absolute Gasteiger partial charge is 0.195 e. The summed E-state index contributed by atoms with van der Waals surface area (Å²) < 4.78 is 5.04. The van der Waals surface area contributed by atoms with Gasteiger partial charge in [0.05, 0.1) is 13.3 Å². The molecule has 2 heterocycles. The zero-order chi connectivity index (χ0) is 11.5. The number of aromatic nitrogens is 1. The van der Waals surface area contributed by atoms with Crippen LogP contribution in [0, 0.1) is 6.92 Å². The SMILES string of the molecule is COc1cncc(C(=O)c2cscc2C)c1. The molecule has 0 spiro atoms. The molecule has 0 saturated carbocycles. The van der Waals surface area contributed by atoms with Crippen molar-refractivity contribution >= 4 is 17.1 Å². The van der Waals surface area contributed by atoms with E-state index >= 15 is 0 Å². The summed E-state index contributed by atoms with van der Waals surface area (Å²) in [6.45, 7) is 1.93. The molecule has 2 aromatic rings. The molecule has 0 radical (unpaired) electrons. The van der Waals surface area contributed by atoms with Crippen molar-refractivity contribution in [1.29, 1.82) is 0 Å². The first-order valence-electron chi connectivity index (χ1n) is 4.79. The second-order valence-corrected chi connectivity index (χ2v) is 4.15. The molecule has 0 fully saturated rings. The van der Waals surface area contributed by atoms with Crippen LogP contribution < -0.4 is 4.74 Å². The lowest BCUT2D eigenvalue weighted by Crippen LogP contribution is -2.02. The third-order valence-electron chi connectivity index (χ3n) is 2.31. The van der Waals surface area contributed by atoms with E-state index in [0.29, 0.717) is 11.3 Å². The molecule has 0 aliphatic rings. The Bertz CT molecular complexity index is 519. The predicted octanol–water partition coefficient (Wildman–Crippen LogP) is 2.69. The third-order valence-corrected chi connectivity index (χ3v) is 3.17. The number of ketones is 1. The summed E-state index contributed by atoms with van der Waals surface area (Å²) in [6, 6.07) is 1.70. The highest BCUT2D eigenvalue weighted by Crippen LogP contribution is 2.19. The van der Waals surface area contributed by atoms with Crippen molar-refractivity contribution < 1.29 is 9.53 Å². The second kappa shape index (κ2) is 4.45. The monoisotopic (exact) mass is 233 g/mol. The van der Waals surface area contributed by atoms with Gasteiger partial charge in [0.25, 0.3) is 0 Å². The molecule has 2 rings (SSSR count). The van der Waals surface area contributed by atoms with Gasteiger partial charge in [-0.15, -0.1) is 0 Å². The van der Waals surface area contributed by atoms with Crippen LogP contribution in [0.5, 0.6) is 5.75 Å². The van der Waals surface area contributed by atoms with Crippen LogP contribution >= 0.6 is 11.3 Å². The summed E-state index contributed by atoms with van der Waals surface area (Å²) in [5, 5.41) is 3.82. The highest BCUT2D eigenvalue weighted by Gasteiger charge is 2.13. The third kappa shape index (κ3) is 1.97. The Hall–Kier alpha value is -1.68. The van der Waals surface area contributed by atoms with Crippen molar-refractivity contribution in [3.8, 4) is 5.75 Å². The molecule has 0 N–H and O–H groups in total. The zero-order valence-corrected chi connectivity index (χ0v) is 9.88. The van der Waals surface area contributed by atoms with Crippen molar-refractivity contribution in [1.82, 2.24) is 4.98 Å². The molecule has 3 nitrogen and oxygen atoms in total. The van der Waals surface area contributed by atoms with Gasteiger partial charge < -0.3 is 4.74 Å². The number of methoxy groups -OCH3 is 1. The number of ether oxygens (including phenoxy) is 1. The van der Waals surface area contributed by atoms with E-state index in [9.17, 15) is 4.79 Å². The number of hydrogen-bond donors (Lipinski definition) is 0. The second-order valence-electron chi connectivity index (χ2n) is 3.41. The highest BCUT2D eigenvalue weighted by molar-refractivity contribution is 7.08. The van der Waals surface area contributed by atoms with E-state index in [-0.39, 0.29) is 5.78 Å². The van der Waals surface area contributed by atoms with Gasteiger partial charge in [-0.25, -0.2) is 0 Å². The van der Waals surface area contributed by atoms with Crippen LogP contribution in [0.25, 0.3) is 0 Å². The first-order chi connectivity index (χ1) is 7.72. The van der Waals surface area contributed by atoms with Crippen LogP contribution in [0.4, 0.5) is 0 Å². The number of rotatable bonds is 3. The van der Waals surface area contributed by atoms with E-state index in [4.69, 9.17) is 4.74 Å². The Kier molecular flexibility index (Phi) is 3.01. The fourth-order valence-electron chi connectivity index (χ4n) is 1.40. The average molecular weight is 233 g/mol. The van der Waals surface area contributed by atoms with Gasteiger partial charge in [0.1, 0.15) is 5.75 Å². The Morgan fingerprint density at radius 1 is 1.38 bits per heavy atom. The normalized spacial score (nSPS) is 10.1. The van der Waals surface area contributed by atoms with Gasteiger partial charge in [0.2, 0.25) is 0 Å². The van der Waals surface area contributed by atoms with E-state index in [2.05, 4.69) is 4.98 Å². The fraction of sp³-hybridized carbons (Fsp3) is 0.167. The van der Waals surface area contributed by atoms with Crippen molar-refractivity contribution in [2.24, 2.45) is 0 Å². The Balaban J connectivity index is 2.38. The first kappa shape index (κ1) is 10.8. The Morgan fingerprint density at radius 2 is 2.19 bits per heavy atom. The minimum absolute atomic E-state index is 0.00912. The molecule has 0 amide bonds. The van der Waals surface area contributed by atoms with Gasteiger partial charge in [-0.2, -0.15) is 11.3 Å². The minimum Gasteiger partial charge on any atom is -0.495 e. The molecular weight excluding hydrogens is 222 g/mol. The van der Waals surface area contributed by atoms with Crippen molar-refractivity contribution in [3.63, 3.8) is 0 Å². The first-order valence-corrected chi connectivity index (χ1v) is 5.73. The number of nitrogens with zero attached hydrogens (tertiary/aromatic N) is 1. The Labute approximate surface area is 97.7 Å². The summed E-state index contributed by atoms with van der Waals surface area (Å²) >= 11 is 1.53. The maximum absolute atomic E-state index is 12.1. The molecule has 0 bridgehead atoms. The highest BCUT2D eigenvalue weighted by atomic mass is 32.1. The largest absolute Gasteiger partial charge is 0.495 e. The fourth-order valence-corrected chi connectivity index (χ4v) is 2.23. The molecule has 0 unspecified atom stereocenters. The molecular formula is C12H11NO2S. The standard InChI is InChI=1S/C12H11NO2S/c1-8-6-16-7-11(8)12(14)9-3-10(15-2)5-13-4-9/h3-7H,1-2H3. The van der Waals surface area contributed by atoms with Crippen molar-refractivity contribution in [2.75, 3.05) is 7.11 Å². The van der Waals surface area contributed by atoms with Crippen LogP contribution in [0.2, 0.25) is 0 Å². The number of thiophene rings is 1. The number of carbonyl (C=O) groups excluding carboxylic acids is 1. The van der Waals surface area contributed by atoms with Crippen LogP contribution in [0.1, 0.15) is 21.5 Å². The van der Waals surface area contributed by atoms with Crippen molar-refractivity contribution in [3.05, 3.63) is 45.9 Å². The summed E-state index contributed by atoms with van der Waals surface area (Å²) in [6.07, 6.45) is 3.14. The van der Waals surface area contributed by atoms with Gasteiger partial charge in [0.15, 0.2) is 5.78 Å². The van der Waals surface area contributed by atoms with Crippen LogP contribution in [0.15, 0.2) is 29.2 Å². The Morgan fingerprint density at radius 3 is 2.81 bits per heavy atom. The predicted molar refractivity (Wildman–Crippen MR) is 63.3 cm³/mol. The summed E-state index contributed by atoms with van der Waals surface area (Å²) in [5.74, 6) is 0.587. The summed E-state index contributed by atoms with van der Waals surface area (Å²) in [7, 11) is 1.56. The van der Waals surface area contributed by atoms with E-state index in [0.717, 1.165) is 11.1 Å². The van der Waals surface area contributed by atoms with Gasteiger partial charge in [0, 0.05) is 22.7 Å². The van der Waals surface area contributed by atoms with E-state index in [1.165, 1.54) is 11.3 Å². The molecule has 0 atom stereocenters. The number of hydrogen-bond acceptors (Lipinski definition) is 4. The lowest BCUT2D eigenvalue weighted by atomic mass is 10.1. The van der Waals surface area contributed by atoms with E-state index in [1.54, 1.807) is 25.6 Å². The van der Waals surface area contributed by atoms with E-state index in [1.807, 2.05) is 17.7 Å². The molecule has 4 heteroatoms. The van der Waals surface area contributed by atoms with Gasteiger partial charge >= 0.3 is 0 Å². The average Bonchev–Trinajstić information content (AvgIpc) is 2.74. The quantitative estimate of drug-likeness (QED) is 0.765. The molecule has 0 aliphatic heterocycles. The molecule has 0 aromatic carbocycles. The summed E-state index contributed by atoms with van der Waals surface area (Å²) in [4.78, 5) is 16.1. The van der Waals surface area contributed by atoms with Crippen LogP contribution in [-0.2, 0) is 0 Å². The number of carbonyl (C=O) groups is 1. The van der Waals surface area contributed by atoms with Gasteiger partial charge in [-0.3, -0.25) is 9.78 Å². The molecule has 0 aliphatic carbocycles. The van der Waals surface area contributed by atoms with Gasteiger partial charge in [-0.05, 0) is 23.9 Å². The summed E-state index contributed by atoms with van der Waals surface area (Å²) in [5.41, 5.74) is 2.29. The lowest BCUT2D eigenvalue weighted by molar-refractivity contribution is 0.103. The van der Waals surface area contributed by atoms with Crippen LogP contribution in [0.3, 0.4) is 0 Å². The van der Waals surface area contributed by atoms with Crippen LogP contribution in [-0.4, -0.2) is 17.9 Å². The minimum atomic E-state index is -0.00912. The topological polar surface area (TPSA) is 39.2 Å². The maximum atomic E-state index is 12.1. The number of pyridine rings is 1. The van der Waals surface area contributed by atoms with E-state index < -0.39 is 0 Å². The molecule has 82 valence electrons. The van der Waals surface area contributed by atoms with Gasteiger partial charge in [-0.1, -0.05) is 0 Å². The molecule has 2 aromatic heterocycles. The lowest BCUT2D eigenvalue weighted by Gasteiger charge is -2.02. The number of aryl methyl sites for hydroxylation is 1.